The zero-order chi connectivity index (χ0) is 13.8. The van der Waals surface area contributed by atoms with Crippen LogP contribution in [0.3, 0.4) is 0 Å². The van der Waals surface area contributed by atoms with Gasteiger partial charge in [0.05, 0.1) is 19.1 Å². The van der Waals surface area contributed by atoms with Gasteiger partial charge in [-0.1, -0.05) is 28.1 Å². The van der Waals surface area contributed by atoms with E-state index in [1.165, 1.54) is 5.56 Å². The number of hydrogen-bond acceptors (Lipinski definition) is 3. The van der Waals surface area contributed by atoms with Gasteiger partial charge in [-0.3, -0.25) is 4.79 Å². The Hall–Kier alpha value is -0.910. The van der Waals surface area contributed by atoms with Gasteiger partial charge >= 0.3 is 0 Å². The van der Waals surface area contributed by atoms with Gasteiger partial charge in [0, 0.05) is 16.6 Å². The van der Waals surface area contributed by atoms with Crippen LogP contribution in [-0.4, -0.2) is 31.2 Å². The van der Waals surface area contributed by atoms with Crippen LogP contribution in [0.2, 0.25) is 0 Å². The fourth-order valence-electron chi connectivity index (χ4n) is 2.22. The van der Waals surface area contributed by atoms with E-state index in [9.17, 15) is 4.79 Å². The lowest BCUT2D eigenvalue weighted by molar-refractivity contribution is -0.125. The fraction of sp³-hybridized carbons (Fsp3) is 0.500. The number of carbonyl (C=O) groups is 1. The lowest BCUT2D eigenvalue weighted by atomic mass is 10.0. The predicted molar refractivity (Wildman–Crippen MR) is 77.7 cm³/mol. The van der Waals surface area contributed by atoms with Crippen LogP contribution >= 0.6 is 15.9 Å². The highest BCUT2D eigenvalue weighted by atomic mass is 79.9. The highest BCUT2D eigenvalue weighted by Crippen LogP contribution is 2.14. The molecule has 19 heavy (non-hydrogen) atoms. The molecule has 1 aliphatic heterocycles. The second-order valence-electron chi connectivity index (χ2n) is 5.05. The van der Waals surface area contributed by atoms with Crippen molar-refractivity contribution in [3.8, 4) is 0 Å². The van der Waals surface area contributed by atoms with Crippen LogP contribution in [-0.2, 0) is 16.0 Å². The van der Waals surface area contributed by atoms with E-state index in [-0.39, 0.29) is 23.9 Å². The predicted octanol–water partition coefficient (Wildman–Crippen LogP) is 1.47. The molecule has 0 radical (unpaired) electrons. The molecule has 1 aliphatic rings. The molecule has 0 aromatic heterocycles. The van der Waals surface area contributed by atoms with Crippen LogP contribution in [0.25, 0.3) is 0 Å². The normalized spacial score (nSPS) is 24.2. The zero-order valence-corrected chi connectivity index (χ0v) is 12.5. The standard InChI is InChI=1S/C14H19BrN2O2/c1-9(6-10-2-4-11(15)5-3-10)17-14(18)12-7-19-8-13(12)16/h2-5,9,12-13H,6-8,16H2,1H3,(H,17,18). The van der Waals surface area contributed by atoms with E-state index in [0.717, 1.165) is 10.9 Å². The molecule has 4 nitrogen and oxygen atoms in total. The van der Waals surface area contributed by atoms with Crippen LogP contribution in [0.4, 0.5) is 0 Å². The maximum Gasteiger partial charge on any atom is 0.227 e. The Morgan fingerprint density at radius 1 is 1.47 bits per heavy atom. The number of nitrogens with two attached hydrogens (primary N) is 1. The highest BCUT2D eigenvalue weighted by molar-refractivity contribution is 9.10. The molecular weight excluding hydrogens is 308 g/mol. The Morgan fingerprint density at radius 3 is 2.74 bits per heavy atom. The first-order valence-corrected chi connectivity index (χ1v) is 7.23. The maximum atomic E-state index is 12.0. The molecule has 3 N–H and O–H groups in total. The van der Waals surface area contributed by atoms with Gasteiger partial charge in [0.25, 0.3) is 0 Å². The summed E-state index contributed by atoms with van der Waals surface area (Å²) < 4.78 is 6.27. The van der Waals surface area contributed by atoms with Crippen molar-refractivity contribution in [2.45, 2.75) is 25.4 Å². The molecule has 0 bridgehead atoms. The van der Waals surface area contributed by atoms with E-state index >= 15 is 0 Å². The Bertz CT molecular complexity index is 436. The molecular formula is C14H19BrN2O2. The van der Waals surface area contributed by atoms with Crippen LogP contribution in [0, 0.1) is 5.92 Å². The first-order chi connectivity index (χ1) is 9.06. The summed E-state index contributed by atoms with van der Waals surface area (Å²) in [4.78, 5) is 12.0. The zero-order valence-electron chi connectivity index (χ0n) is 10.9. The lowest BCUT2D eigenvalue weighted by Gasteiger charge is -2.18. The van der Waals surface area contributed by atoms with E-state index in [0.29, 0.717) is 13.2 Å². The van der Waals surface area contributed by atoms with E-state index in [1.807, 2.05) is 19.1 Å². The molecule has 3 atom stereocenters. The smallest absolute Gasteiger partial charge is 0.227 e. The number of nitrogens with one attached hydrogen (secondary N) is 1. The molecule has 1 heterocycles. The number of amides is 1. The van der Waals surface area contributed by atoms with Gasteiger partial charge in [0.15, 0.2) is 0 Å². The second-order valence-corrected chi connectivity index (χ2v) is 5.96. The summed E-state index contributed by atoms with van der Waals surface area (Å²) in [5.41, 5.74) is 7.03. The largest absolute Gasteiger partial charge is 0.379 e. The van der Waals surface area contributed by atoms with Crippen molar-refractivity contribution in [2.75, 3.05) is 13.2 Å². The van der Waals surface area contributed by atoms with E-state index in [1.54, 1.807) is 0 Å². The SMILES string of the molecule is CC(Cc1ccc(Br)cc1)NC(=O)C1COCC1N. The molecule has 1 saturated heterocycles. The van der Waals surface area contributed by atoms with Crippen molar-refractivity contribution in [3.05, 3.63) is 34.3 Å². The molecule has 1 fully saturated rings. The molecule has 5 heteroatoms. The summed E-state index contributed by atoms with van der Waals surface area (Å²) in [6.07, 6.45) is 0.807. The number of rotatable bonds is 4. The molecule has 0 saturated carbocycles. The van der Waals surface area contributed by atoms with Gasteiger partial charge < -0.3 is 15.8 Å². The van der Waals surface area contributed by atoms with Gasteiger partial charge in [-0.05, 0) is 31.0 Å². The third kappa shape index (κ3) is 4.03. The lowest BCUT2D eigenvalue weighted by Crippen LogP contribution is -2.44. The molecule has 1 aromatic carbocycles. The Morgan fingerprint density at radius 2 is 2.16 bits per heavy atom. The summed E-state index contributed by atoms with van der Waals surface area (Å²) in [7, 11) is 0. The van der Waals surface area contributed by atoms with E-state index in [2.05, 4.69) is 33.4 Å². The van der Waals surface area contributed by atoms with Crippen molar-refractivity contribution in [1.82, 2.24) is 5.32 Å². The molecule has 1 amide bonds. The second kappa shape index (κ2) is 6.50. The summed E-state index contributed by atoms with van der Waals surface area (Å²) in [5.74, 6) is -0.220. The monoisotopic (exact) mass is 326 g/mol. The molecule has 0 aliphatic carbocycles. The van der Waals surface area contributed by atoms with E-state index in [4.69, 9.17) is 10.5 Å². The number of ether oxygens (including phenoxy) is 1. The molecule has 3 unspecified atom stereocenters. The van der Waals surface area contributed by atoms with Gasteiger partial charge in [0.2, 0.25) is 5.91 Å². The molecule has 1 aromatic rings. The minimum absolute atomic E-state index is 0.00499. The summed E-state index contributed by atoms with van der Waals surface area (Å²) >= 11 is 3.41. The minimum Gasteiger partial charge on any atom is -0.379 e. The average molecular weight is 327 g/mol. The van der Waals surface area contributed by atoms with Crippen LogP contribution in [0.5, 0.6) is 0 Å². The summed E-state index contributed by atoms with van der Waals surface area (Å²) in [6.45, 7) is 2.90. The molecule has 104 valence electrons. The first kappa shape index (κ1) is 14.5. The summed E-state index contributed by atoms with van der Waals surface area (Å²) in [6, 6.07) is 8.02. The van der Waals surface area contributed by atoms with Gasteiger partial charge in [0.1, 0.15) is 0 Å². The van der Waals surface area contributed by atoms with E-state index < -0.39 is 0 Å². The first-order valence-electron chi connectivity index (χ1n) is 6.44. The Kier molecular flexibility index (Phi) is 4.96. The average Bonchev–Trinajstić information content (AvgIpc) is 2.78. The maximum absolute atomic E-state index is 12.0. The van der Waals surface area contributed by atoms with Crippen LogP contribution in [0.1, 0.15) is 12.5 Å². The van der Waals surface area contributed by atoms with Crippen LogP contribution in [0.15, 0.2) is 28.7 Å². The highest BCUT2D eigenvalue weighted by Gasteiger charge is 2.31. The van der Waals surface area contributed by atoms with Crippen molar-refractivity contribution >= 4 is 21.8 Å². The number of halogens is 1. The van der Waals surface area contributed by atoms with Gasteiger partial charge in [-0.25, -0.2) is 0 Å². The van der Waals surface area contributed by atoms with Crippen molar-refractivity contribution in [2.24, 2.45) is 11.7 Å². The van der Waals surface area contributed by atoms with Crippen LogP contribution < -0.4 is 11.1 Å². The quantitative estimate of drug-likeness (QED) is 0.880. The minimum atomic E-state index is -0.215. The third-order valence-electron chi connectivity index (χ3n) is 3.31. The Balaban J connectivity index is 1.85. The number of hydrogen-bond donors (Lipinski definition) is 2. The summed E-state index contributed by atoms with van der Waals surface area (Å²) in [5, 5.41) is 3.00. The van der Waals surface area contributed by atoms with Crippen molar-refractivity contribution in [3.63, 3.8) is 0 Å². The molecule has 0 spiro atoms. The van der Waals surface area contributed by atoms with Crippen molar-refractivity contribution in [1.29, 1.82) is 0 Å². The van der Waals surface area contributed by atoms with Gasteiger partial charge in [-0.15, -0.1) is 0 Å². The Labute approximate surface area is 121 Å². The topological polar surface area (TPSA) is 64.3 Å². The van der Waals surface area contributed by atoms with Crippen molar-refractivity contribution < 1.29 is 9.53 Å². The third-order valence-corrected chi connectivity index (χ3v) is 3.83. The fourth-order valence-corrected chi connectivity index (χ4v) is 2.48. The van der Waals surface area contributed by atoms with Gasteiger partial charge in [-0.2, -0.15) is 0 Å². The number of carbonyl (C=O) groups excluding carboxylic acids is 1. The number of benzene rings is 1. The molecule has 2 rings (SSSR count).